The monoisotopic (exact) mass is 168 g/mol. The average Bonchev–Trinajstić information content (AvgIpc) is 2.77. The standard InChI is InChI=1S/C10H20N2/c1-12-6-9(7-12)10(4-5-11)8-2-3-8/h8-10H,2-7,11H2,1H3. The minimum absolute atomic E-state index is 0.890. The fourth-order valence-electron chi connectivity index (χ4n) is 2.59. The van der Waals surface area contributed by atoms with Crippen LogP contribution in [-0.4, -0.2) is 31.6 Å². The zero-order valence-electron chi connectivity index (χ0n) is 8.00. The number of hydrogen-bond donors (Lipinski definition) is 1. The van der Waals surface area contributed by atoms with Crippen LogP contribution in [0.25, 0.3) is 0 Å². The van der Waals surface area contributed by atoms with Gasteiger partial charge in [-0.2, -0.15) is 0 Å². The van der Waals surface area contributed by atoms with E-state index in [1.54, 1.807) is 0 Å². The molecule has 1 unspecified atom stereocenters. The molecular weight excluding hydrogens is 148 g/mol. The molecule has 0 spiro atoms. The van der Waals surface area contributed by atoms with Crippen LogP contribution in [0.5, 0.6) is 0 Å². The van der Waals surface area contributed by atoms with Crippen molar-refractivity contribution in [2.75, 3.05) is 26.7 Å². The van der Waals surface area contributed by atoms with Gasteiger partial charge in [0.2, 0.25) is 0 Å². The number of nitrogens with zero attached hydrogens (tertiary/aromatic N) is 1. The lowest BCUT2D eigenvalue weighted by molar-refractivity contribution is 0.0698. The predicted octanol–water partition coefficient (Wildman–Crippen LogP) is 0.923. The molecule has 12 heavy (non-hydrogen) atoms. The van der Waals surface area contributed by atoms with Gasteiger partial charge < -0.3 is 10.6 Å². The third kappa shape index (κ3) is 1.64. The summed E-state index contributed by atoms with van der Waals surface area (Å²) < 4.78 is 0. The first-order chi connectivity index (χ1) is 5.81. The fourth-order valence-corrected chi connectivity index (χ4v) is 2.59. The van der Waals surface area contributed by atoms with Crippen LogP contribution >= 0.6 is 0 Å². The zero-order valence-corrected chi connectivity index (χ0v) is 8.00. The highest BCUT2D eigenvalue weighted by Crippen LogP contribution is 2.44. The molecule has 0 bridgehead atoms. The maximum atomic E-state index is 5.63. The molecule has 0 aromatic heterocycles. The Morgan fingerprint density at radius 2 is 2.00 bits per heavy atom. The summed E-state index contributed by atoms with van der Waals surface area (Å²) in [6.45, 7) is 3.53. The van der Waals surface area contributed by atoms with Gasteiger partial charge in [0.05, 0.1) is 0 Å². The van der Waals surface area contributed by atoms with Crippen molar-refractivity contribution in [2.45, 2.75) is 19.3 Å². The lowest BCUT2D eigenvalue weighted by atomic mass is 9.80. The maximum absolute atomic E-state index is 5.63. The first-order valence-corrected chi connectivity index (χ1v) is 5.20. The molecule has 1 heterocycles. The van der Waals surface area contributed by atoms with Crippen LogP contribution < -0.4 is 5.73 Å². The van der Waals surface area contributed by atoms with E-state index in [1.807, 2.05) is 0 Å². The van der Waals surface area contributed by atoms with E-state index in [4.69, 9.17) is 5.73 Å². The largest absolute Gasteiger partial charge is 0.330 e. The molecule has 2 nitrogen and oxygen atoms in total. The summed E-state index contributed by atoms with van der Waals surface area (Å²) in [7, 11) is 2.21. The molecule has 1 aliphatic heterocycles. The maximum Gasteiger partial charge on any atom is 0.00217 e. The van der Waals surface area contributed by atoms with Gasteiger partial charge in [0, 0.05) is 13.1 Å². The van der Waals surface area contributed by atoms with E-state index in [2.05, 4.69) is 11.9 Å². The molecular formula is C10H20N2. The Morgan fingerprint density at radius 3 is 2.42 bits per heavy atom. The highest BCUT2D eigenvalue weighted by Gasteiger charge is 2.39. The average molecular weight is 168 g/mol. The van der Waals surface area contributed by atoms with Crippen LogP contribution in [0.1, 0.15) is 19.3 Å². The Hall–Kier alpha value is -0.0800. The number of hydrogen-bond acceptors (Lipinski definition) is 2. The van der Waals surface area contributed by atoms with E-state index in [-0.39, 0.29) is 0 Å². The molecule has 0 aromatic carbocycles. The third-order valence-electron chi connectivity index (χ3n) is 3.43. The summed E-state index contributed by atoms with van der Waals surface area (Å²) in [5.41, 5.74) is 5.63. The highest BCUT2D eigenvalue weighted by molar-refractivity contribution is 4.91. The van der Waals surface area contributed by atoms with Gasteiger partial charge in [-0.05, 0) is 50.6 Å². The van der Waals surface area contributed by atoms with E-state index in [0.717, 1.165) is 24.3 Å². The Labute approximate surface area is 75.1 Å². The Balaban J connectivity index is 1.80. The van der Waals surface area contributed by atoms with Gasteiger partial charge in [0.25, 0.3) is 0 Å². The van der Waals surface area contributed by atoms with Crippen molar-refractivity contribution < 1.29 is 0 Å². The summed E-state index contributed by atoms with van der Waals surface area (Å²) in [6.07, 6.45) is 4.22. The van der Waals surface area contributed by atoms with Gasteiger partial charge >= 0.3 is 0 Å². The SMILES string of the molecule is CN1CC(C(CCN)C2CC2)C1. The van der Waals surface area contributed by atoms with E-state index in [9.17, 15) is 0 Å². The van der Waals surface area contributed by atoms with E-state index in [1.165, 1.54) is 32.4 Å². The summed E-state index contributed by atoms with van der Waals surface area (Å²) in [6, 6.07) is 0. The first kappa shape index (κ1) is 8.52. The van der Waals surface area contributed by atoms with Crippen LogP contribution in [0.4, 0.5) is 0 Å². The predicted molar refractivity (Wildman–Crippen MR) is 50.9 cm³/mol. The molecule has 1 saturated heterocycles. The summed E-state index contributed by atoms with van der Waals surface area (Å²) in [5.74, 6) is 2.99. The van der Waals surface area contributed by atoms with Gasteiger partial charge in [-0.25, -0.2) is 0 Å². The molecule has 2 aliphatic rings. The lowest BCUT2D eigenvalue weighted by Gasteiger charge is -2.41. The quantitative estimate of drug-likeness (QED) is 0.676. The molecule has 0 radical (unpaired) electrons. The molecule has 2 heteroatoms. The minimum Gasteiger partial charge on any atom is -0.330 e. The highest BCUT2D eigenvalue weighted by atomic mass is 15.2. The number of rotatable bonds is 4. The van der Waals surface area contributed by atoms with Crippen LogP contribution in [0.15, 0.2) is 0 Å². The molecule has 2 rings (SSSR count). The van der Waals surface area contributed by atoms with Crippen molar-refractivity contribution >= 4 is 0 Å². The second-order valence-corrected chi connectivity index (χ2v) is 4.56. The molecule has 0 aromatic rings. The third-order valence-corrected chi connectivity index (χ3v) is 3.43. The van der Waals surface area contributed by atoms with Crippen LogP contribution in [0.3, 0.4) is 0 Å². The van der Waals surface area contributed by atoms with Crippen molar-refractivity contribution in [1.29, 1.82) is 0 Å². The van der Waals surface area contributed by atoms with Crippen molar-refractivity contribution in [2.24, 2.45) is 23.5 Å². The smallest absolute Gasteiger partial charge is 0.00217 e. The van der Waals surface area contributed by atoms with Crippen LogP contribution in [0, 0.1) is 17.8 Å². The second kappa shape index (κ2) is 3.35. The van der Waals surface area contributed by atoms with Crippen LogP contribution in [0.2, 0.25) is 0 Å². The molecule has 70 valence electrons. The number of nitrogens with two attached hydrogens (primary N) is 1. The van der Waals surface area contributed by atoms with Crippen molar-refractivity contribution in [3.63, 3.8) is 0 Å². The van der Waals surface area contributed by atoms with Crippen molar-refractivity contribution in [1.82, 2.24) is 4.90 Å². The summed E-state index contributed by atoms with van der Waals surface area (Å²) >= 11 is 0. The van der Waals surface area contributed by atoms with Gasteiger partial charge in [-0.3, -0.25) is 0 Å². The lowest BCUT2D eigenvalue weighted by Crippen LogP contribution is -2.48. The summed E-state index contributed by atoms with van der Waals surface area (Å²) in [4.78, 5) is 2.41. The number of likely N-dealkylation sites (tertiary alicyclic amines) is 1. The fraction of sp³-hybridized carbons (Fsp3) is 1.00. The van der Waals surface area contributed by atoms with E-state index < -0.39 is 0 Å². The van der Waals surface area contributed by atoms with E-state index in [0.29, 0.717) is 0 Å². The molecule has 2 N–H and O–H groups in total. The Kier molecular flexibility index (Phi) is 2.37. The molecule has 1 saturated carbocycles. The normalized spacial score (nSPS) is 28.5. The van der Waals surface area contributed by atoms with Gasteiger partial charge in [-0.15, -0.1) is 0 Å². The molecule has 1 aliphatic carbocycles. The first-order valence-electron chi connectivity index (χ1n) is 5.20. The summed E-state index contributed by atoms with van der Waals surface area (Å²) in [5, 5.41) is 0. The van der Waals surface area contributed by atoms with Gasteiger partial charge in [-0.1, -0.05) is 0 Å². The molecule has 1 atom stereocenters. The topological polar surface area (TPSA) is 29.3 Å². The second-order valence-electron chi connectivity index (χ2n) is 4.56. The zero-order chi connectivity index (χ0) is 8.55. The van der Waals surface area contributed by atoms with Crippen molar-refractivity contribution in [3.05, 3.63) is 0 Å². The molecule has 0 amide bonds. The van der Waals surface area contributed by atoms with Crippen LogP contribution in [-0.2, 0) is 0 Å². The molecule has 2 fully saturated rings. The van der Waals surface area contributed by atoms with Gasteiger partial charge in [0.15, 0.2) is 0 Å². The van der Waals surface area contributed by atoms with E-state index >= 15 is 0 Å². The van der Waals surface area contributed by atoms with Gasteiger partial charge in [0.1, 0.15) is 0 Å². The Bertz CT molecular complexity index is 148. The van der Waals surface area contributed by atoms with Crippen molar-refractivity contribution in [3.8, 4) is 0 Å². The Morgan fingerprint density at radius 1 is 1.33 bits per heavy atom. The minimum atomic E-state index is 0.890.